The maximum Gasteiger partial charge on any atom is 0.310 e. The molecular weight excluding hydrogens is 314 g/mol. The third kappa shape index (κ3) is 3.56. The molecular formula is C20H23N3O2. The molecule has 1 N–H and O–H groups in total. The van der Waals surface area contributed by atoms with Crippen molar-refractivity contribution in [2.45, 2.75) is 19.5 Å². The molecule has 0 spiro atoms. The molecule has 25 heavy (non-hydrogen) atoms. The topological polar surface area (TPSA) is 56.1 Å². The molecule has 130 valence electrons. The number of esters is 1. The molecule has 3 rings (SSSR count). The van der Waals surface area contributed by atoms with Crippen LogP contribution in [0.25, 0.3) is 11.0 Å². The van der Waals surface area contributed by atoms with E-state index in [0.29, 0.717) is 6.54 Å². The van der Waals surface area contributed by atoms with Gasteiger partial charge in [0.05, 0.1) is 30.6 Å². The van der Waals surface area contributed by atoms with Crippen LogP contribution in [0, 0.1) is 5.92 Å². The summed E-state index contributed by atoms with van der Waals surface area (Å²) in [4.78, 5) is 16.7. The zero-order valence-electron chi connectivity index (χ0n) is 14.8. The van der Waals surface area contributed by atoms with E-state index < -0.39 is 0 Å². The third-order valence-electron chi connectivity index (χ3n) is 4.59. The Morgan fingerprint density at radius 2 is 1.84 bits per heavy atom. The van der Waals surface area contributed by atoms with E-state index in [2.05, 4.69) is 20.9 Å². The molecule has 0 saturated carbocycles. The number of fused-ring (bicyclic) bond motifs is 1. The Balaban J connectivity index is 1.85. The van der Waals surface area contributed by atoms with E-state index in [-0.39, 0.29) is 17.9 Å². The van der Waals surface area contributed by atoms with E-state index in [9.17, 15) is 4.79 Å². The molecule has 2 atom stereocenters. The predicted octanol–water partition coefficient (Wildman–Crippen LogP) is 3.21. The molecule has 1 heterocycles. The van der Waals surface area contributed by atoms with Crippen LogP contribution in [0.15, 0.2) is 54.6 Å². The number of aromatic nitrogens is 2. The van der Waals surface area contributed by atoms with Gasteiger partial charge in [-0.05, 0) is 17.7 Å². The van der Waals surface area contributed by atoms with Crippen molar-refractivity contribution in [3.63, 3.8) is 0 Å². The minimum absolute atomic E-state index is 0.145. The second kappa shape index (κ2) is 7.49. The molecule has 0 bridgehead atoms. The molecule has 0 amide bonds. The van der Waals surface area contributed by atoms with Crippen LogP contribution < -0.4 is 5.32 Å². The van der Waals surface area contributed by atoms with Crippen molar-refractivity contribution < 1.29 is 9.53 Å². The summed E-state index contributed by atoms with van der Waals surface area (Å²) in [6.07, 6.45) is 0. The van der Waals surface area contributed by atoms with Gasteiger partial charge < -0.3 is 14.6 Å². The Labute approximate surface area is 147 Å². The summed E-state index contributed by atoms with van der Waals surface area (Å²) < 4.78 is 7.02. The summed E-state index contributed by atoms with van der Waals surface area (Å²) >= 11 is 0. The van der Waals surface area contributed by atoms with Crippen LogP contribution in [0.5, 0.6) is 0 Å². The Morgan fingerprint density at radius 1 is 1.16 bits per heavy atom. The maximum absolute atomic E-state index is 12.1. The number of ether oxygens (including phenoxy) is 1. The lowest BCUT2D eigenvalue weighted by Crippen LogP contribution is -2.32. The van der Waals surface area contributed by atoms with Gasteiger partial charge in [0.1, 0.15) is 5.82 Å². The Morgan fingerprint density at radius 3 is 2.52 bits per heavy atom. The van der Waals surface area contributed by atoms with Crippen molar-refractivity contribution in [3.05, 3.63) is 66.0 Å². The zero-order chi connectivity index (χ0) is 17.8. The normalized spacial score (nSPS) is 13.6. The van der Waals surface area contributed by atoms with Crippen LogP contribution in [0.4, 0.5) is 0 Å². The lowest BCUT2D eigenvalue weighted by atomic mass is 9.94. The summed E-state index contributed by atoms with van der Waals surface area (Å²) in [6.45, 7) is 2.44. The van der Waals surface area contributed by atoms with Crippen LogP contribution in [0.3, 0.4) is 0 Å². The van der Waals surface area contributed by atoms with E-state index in [0.717, 1.165) is 22.4 Å². The van der Waals surface area contributed by atoms with Gasteiger partial charge in [-0.15, -0.1) is 0 Å². The van der Waals surface area contributed by atoms with Crippen molar-refractivity contribution in [1.82, 2.24) is 14.9 Å². The fraction of sp³-hybridized carbons (Fsp3) is 0.300. The van der Waals surface area contributed by atoms with Gasteiger partial charge in [-0.1, -0.05) is 49.4 Å². The fourth-order valence-electron chi connectivity index (χ4n) is 3.12. The van der Waals surface area contributed by atoms with Crippen LogP contribution >= 0.6 is 0 Å². The number of aryl methyl sites for hydroxylation is 1. The molecule has 0 aliphatic heterocycles. The van der Waals surface area contributed by atoms with Gasteiger partial charge in [-0.3, -0.25) is 4.79 Å². The zero-order valence-corrected chi connectivity index (χ0v) is 14.8. The summed E-state index contributed by atoms with van der Waals surface area (Å²) in [5.41, 5.74) is 3.12. The van der Waals surface area contributed by atoms with Gasteiger partial charge in [0.25, 0.3) is 0 Å². The third-order valence-corrected chi connectivity index (χ3v) is 4.59. The van der Waals surface area contributed by atoms with Crippen LogP contribution in [0.2, 0.25) is 0 Å². The maximum atomic E-state index is 12.1. The first-order chi connectivity index (χ1) is 12.1. The molecule has 0 radical (unpaired) electrons. The lowest BCUT2D eigenvalue weighted by Gasteiger charge is -2.24. The largest absolute Gasteiger partial charge is 0.469 e. The van der Waals surface area contributed by atoms with Crippen LogP contribution in [0.1, 0.15) is 24.4 Å². The number of imidazole rings is 1. The Kier molecular flexibility index (Phi) is 5.14. The molecule has 0 aliphatic rings. The minimum Gasteiger partial charge on any atom is -0.469 e. The highest BCUT2D eigenvalue weighted by Crippen LogP contribution is 2.24. The second-order valence-corrected chi connectivity index (χ2v) is 6.16. The number of hydrogen-bond donors (Lipinski definition) is 1. The lowest BCUT2D eigenvalue weighted by molar-refractivity contribution is -0.146. The molecule has 1 aromatic heterocycles. The van der Waals surface area contributed by atoms with E-state index in [1.54, 1.807) is 0 Å². The SMILES string of the molecule is COC(=O)C(C)C(NCc1nc2ccccc2n1C)c1ccccc1. The van der Waals surface area contributed by atoms with E-state index >= 15 is 0 Å². The number of carbonyl (C=O) groups excluding carboxylic acids is 1. The van der Waals surface area contributed by atoms with Crippen molar-refractivity contribution in [1.29, 1.82) is 0 Å². The minimum atomic E-state index is -0.304. The Hall–Kier alpha value is -2.66. The van der Waals surface area contributed by atoms with Crippen molar-refractivity contribution >= 4 is 17.0 Å². The standard InChI is InChI=1S/C20H23N3O2/c1-14(20(24)25-3)19(15-9-5-4-6-10-15)21-13-18-22-16-11-7-8-12-17(16)23(18)2/h4-12,14,19,21H,13H2,1-3H3. The van der Waals surface area contributed by atoms with Crippen molar-refractivity contribution in [2.24, 2.45) is 13.0 Å². The number of nitrogens with one attached hydrogen (secondary N) is 1. The van der Waals surface area contributed by atoms with Crippen molar-refractivity contribution in [3.8, 4) is 0 Å². The summed E-state index contributed by atoms with van der Waals surface area (Å²) in [6, 6.07) is 17.9. The number of carbonyl (C=O) groups is 1. The second-order valence-electron chi connectivity index (χ2n) is 6.16. The smallest absolute Gasteiger partial charge is 0.310 e. The molecule has 2 unspecified atom stereocenters. The van der Waals surface area contributed by atoms with Gasteiger partial charge >= 0.3 is 5.97 Å². The van der Waals surface area contributed by atoms with Crippen LogP contribution in [-0.4, -0.2) is 22.6 Å². The van der Waals surface area contributed by atoms with Crippen LogP contribution in [-0.2, 0) is 23.1 Å². The molecule has 0 fully saturated rings. The number of benzene rings is 2. The van der Waals surface area contributed by atoms with E-state index in [4.69, 9.17) is 4.74 Å². The number of para-hydroxylation sites is 2. The van der Waals surface area contributed by atoms with Crippen molar-refractivity contribution in [2.75, 3.05) is 7.11 Å². The summed E-state index contributed by atoms with van der Waals surface area (Å²) in [5.74, 6) is 0.396. The first-order valence-electron chi connectivity index (χ1n) is 8.38. The van der Waals surface area contributed by atoms with E-state index in [1.807, 2.05) is 62.5 Å². The quantitative estimate of drug-likeness (QED) is 0.702. The fourth-order valence-corrected chi connectivity index (χ4v) is 3.12. The van der Waals surface area contributed by atoms with Gasteiger partial charge in [-0.25, -0.2) is 4.98 Å². The Bertz CT molecular complexity index is 858. The highest BCUT2D eigenvalue weighted by atomic mass is 16.5. The number of hydrogen-bond acceptors (Lipinski definition) is 4. The van der Waals surface area contributed by atoms with Gasteiger partial charge in [0, 0.05) is 13.1 Å². The number of rotatable bonds is 6. The van der Waals surface area contributed by atoms with E-state index in [1.165, 1.54) is 7.11 Å². The number of nitrogens with zero attached hydrogens (tertiary/aromatic N) is 2. The molecule has 5 heteroatoms. The average molecular weight is 337 g/mol. The molecule has 2 aromatic carbocycles. The highest BCUT2D eigenvalue weighted by Gasteiger charge is 2.26. The molecule has 3 aromatic rings. The van der Waals surface area contributed by atoms with Gasteiger partial charge in [-0.2, -0.15) is 0 Å². The van der Waals surface area contributed by atoms with Gasteiger partial charge in [0.2, 0.25) is 0 Å². The predicted molar refractivity (Wildman–Crippen MR) is 97.9 cm³/mol. The summed E-state index contributed by atoms with van der Waals surface area (Å²) in [5, 5.41) is 3.48. The molecule has 0 aliphatic carbocycles. The first-order valence-corrected chi connectivity index (χ1v) is 8.38. The molecule has 0 saturated heterocycles. The highest BCUT2D eigenvalue weighted by molar-refractivity contribution is 5.75. The molecule has 5 nitrogen and oxygen atoms in total. The first kappa shape index (κ1) is 17.2. The average Bonchev–Trinajstić information content (AvgIpc) is 2.98. The summed E-state index contributed by atoms with van der Waals surface area (Å²) in [7, 11) is 3.43. The monoisotopic (exact) mass is 337 g/mol. The van der Waals surface area contributed by atoms with Gasteiger partial charge in [0.15, 0.2) is 0 Å². The number of methoxy groups -OCH3 is 1.